The van der Waals surface area contributed by atoms with E-state index in [-0.39, 0.29) is 24.3 Å². The minimum absolute atomic E-state index is 0.0506. The Bertz CT molecular complexity index is 1840. The predicted octanol–water partition coefficient (Wildman–Crippen LogP) is 3.10. The van der Waals surface area contributed by atoms with Gasteiger partial charge in [0.2, 0.25) is 0 Å². The maximum Gasteiger partial charge on any atom is 0.251 e. The van der Waals surface area contributed by atoms with Crippen molar-refractivity contribution in [3.05, 3.63) is 81.7 Å². The molecule has 0 aliphatic carbocycles. The Kier molecular flexibility index (Phi) is 10.00. The van der Waals surface area contributed by atoms with E-state index in [4.69, 9.17) is 20.2 Å². The van der Waals surface area contributed by atoms with Crippen LogP contribution >= 0.6 is 0 Å². The summed E-state index contributed by atoms with van der Waals surface area (Å²) in [5, 5.41) is 25.2. The number of fused-ring (bicyclic) bond motifs is 7. The summed E-state index contributed by atoms with van der Waals surface area (Å²) >= 11 is 0. The third-order valence-electron chi connectivity index (χ3n) is 10.2. The zero-order chi connectivity index (χ0) is 33.9. The zero-order valence-corrected chi connectivity index (χ0v) is 28.1. The largest absolute Gasteiger partial charge is 0.437 e. The van der Waals surface area contributed by atoms with Gasteiger partial charge in [0.1, 0.15) is 42.4 Å². The van der Waals surface area contributed by atoms with Crippen LogP contribution < -0.4 is 25.4 Å². The molecule has 5 aliphatic rings. The molecule has 2 aromatic carbocycles. The number of benzene rings is 2. The number of carbonyl (C=O) groups excluding carboxylic acids is 1. The lowest BCUT2D eigenvalue weighted by Gasteiger charge is -2.29. The molecule has 0 spiro atoms. The molecular formula is C40H45N4O5+. The summed E-state index contributed by atoms with van der Waals surface area (Å²) < 4.78 is 12.7. The lowest BCUT2D eigenvalue weighted by molar-refractivity contribution is -0.886. The fraction of sp³-hybridized carbons (Fsp3) is 0.450. The van der Waals surface area contributed by atoms with Crippen LogP contribution in [0.1, 0.15) is 92.0 Å². The van der Waals surface area contributed by atoms with E-state index >= 15 is 0 Å². The Labute approximate surface area is 288 Å². The summed E-state index contributed by atoms with van der Waals surface area (Å²) in [7, 11) is 0. The van der Waals surface area contributed by atoms with Crippen LogP contribution in [0.5, 0.6) is 11.5 Å². The number of ether oxygens (including phenoxy) is 2. The standard InChI is InChI=1S/C40H44N4O5/c1-2-3-4-7-28(45)21-29(46)11-8-25-9-15-37-38(19-25)49-40-26(6-5-18-48-37)10-14-36(47)31-12-13-32-30(16-17-42-39(32)41)33(31)20-27-22-43-35-24-44(40)23-34(27)35/h9,12-13,15,19,22-23,26,28,36,39-40,42,45,47H,2-4,6-8,11,16-17,20-21,24,41H2,1H3/p+1. The predicted molar refractivity (Wildman–Crippen MR) is 186 cm³/mol. The second kappa shape index (κ2) is 14.7. The van der Waals surface area contributed by atoms with E-state index in [2.05, 4.69) is 42.3 Å². The van der Waals surface area contributed by atoms with Crippen LogP contribution in [0.4, 0.5) is 0 Å². The van der Waals surface area contributed by atoms with Crippen LogP contribution in [0.3, 0.4) is 0 Å². The number of nitrogens with one attached hydrogen (secondary N) is 2. The van der Waals surface area contributed by atoms with Gasteiger partial charge in [-0.3, -0.25) is 20.0 Å². The topological polar surface area (TPSA) is 131 Å². The number of aryl methyl sites for hydroxylation is 1. The van der Waals surface area contributed by atoms with Crippen molar-refractivity contribution in [3.8, 4) is 35.4 Å². The molecular weight excluding hydrogens is 616 g/mol. The van der Waals surface area contributed by atoms with Gasteiger partial charge in [-0.15, -0.1) is 0 Å². The van der Waals surface area contributed by atoms with Gasteiger partial charge in [0.15, 0.2) is 11.5 Å². The molecule has 9 heteroatoms. The van der Waals surface area contributed by atoms with Crippen LogP contribution in [0.15, 0.2) is 58.9 Å². The number of carbonyl (C=O) groups is 1. The molecule has 0 saturated heterocycles. The fourth-order valence-electron chi connectivity index (χ4n) is 7.54. The average Bonchev–Trinajstić information content (AvgIpc) is 3.70. The number of hydrogen-bond donors (Lipinski definition) is 5. The van der Waals surface area contributed by atoms with Gasteiger partial charge >= 0.3 is 0 Å². The summed E-state index contributed by atoms with van der Waals surface area (Å²) in [4.78, 5) is 18.6. The van der Waals surface area contributed by atoms with Gasteiger partial charge in [-0.05, 0) is 64.8 Å². The molecule has 0 saturated carbocycles. The first-order valence-electron chi connectivity index (χ1n) is 17.7. The number of Topliss-reactive ketones (excluding diaryl/α,β-unsaturated/α-hetero) is 1. The van der Waals surface area contributed by atoms with Crippen LogP contribution in [-0.2, 0) is 24.1 Å². The van der Waals surface area contributed by atoms with Crippen LogP contribution in [0.25, 0.3) is 0 Å². The van der Waals surface area contributed by atoms with Crippen molar-refractivity contribution in [3.63, 3.8) is 0 Å². The number of quaternary nitrogens is 1. The third-order valence-corrected chi connectivity index (χ3v) is 10.2. The van der Waals surface area contributed by atoms with Crippen molar-refractivity contribution in [2.24, 2.45) is 16.6 Å². The fourth-order valence-corrected chi connectivity index (χ4v) is 7.54. The minimum atomic E-state index is -0.996. The summed E-state index contributed by atoms with van der Waals surface area (Å²) in [5.74, 6) is 10.4. The van der Waals surface area contributed by atoms with Gasteiger partial charge < -0.3 is 25.4 Å². The number of aliphatic hydroxyl groups excluding tert-OH is 2. The smallest absolute Gasteiger partial charge is 0.251 e. The minimum Gasteiger partial charge on any atom is -0.437 e. The molecule has 0 fully saturated rings. The monoisotopic (exact) mass is 661 g/mol. The maximum absolute atomic E-state index is 12.7. The number of nitrogens with two attached hydrogens (primary N) is 1. The molecule has 49 heavy (non-hydrogen) atoms. The number of ketones is 1. The molecule has 9 nitrogen and oxygen atoms in total. The number of allylic oxidation sites excluding steroid dienone is 1. The van der Waals surface area contributed by atoms with E-state index in [1.165, 1.54) is 5.56 Å². The molecule has 6 unspecified atom stereocenters. The average molecular weight is 662 g/mol. The Morgan fingerprint density at radius 2 is 2.04 bits per heavy atom. The van der Waals surface area contributed by atoms with E-state index < -0.39 is 18.4 Å². The SMILES string of the molecule is CCCCCC(O)CC(=O)CCc1ccc2c(c1)OC1C(C#CC(O)c3ccc4c(c3CC3=CN=C5C[NH+]1C=C35)CCNC4N)CC#CO2. The van der Waals surface area contributed by atoms with Crippen LogP contribution in [0.2, 0.25) is 0 Å². The molecule has 254 valence electrons. The number of nitrogens with zero attached hydrogens (tertiary/aromatic N) is 1. The van der Waals surface area contributed by atoms with Gasteiger partial charge in [-0.2, -0.15) is 0 Å². The number of aliphatic imine (C=N–C) groups is 1. The summed E-state index contributed by atoms with van der Waals surface area (Å²) in [6, 6.07) is 9.67. The molecule has 2 bridgehead atoms. The van der Waals surface area contributed by atoms with Gasteiger partial charge in [-0.25, -0.2) is 0 Å². The first-order valence-corrected chi connectivity index (χ1v) is 17.7. The Morgan fingerprint density at radius 3 is 2.92 bits per heavy atom. The van der Waals surface area contributed by atoms with Crippen molar-refractivity contribution < 1.29 is 29.4 Å². The highest BCUT2D eigenvalue weighted by molar-refractivity contribution is 6.08. The molecule has 5 heterocycles. The van der Waals surface area contributed by atoms with E-state index in [9.17, 15) is 15.0 Å². The van der Waals surface area contributed by atoms with Gasteiger partial charge in [0.05, 0.1) is 17.8 Å². The highest BCUT2D eigenvalue weighted by Crippen LogP contribution is 2.36. The molecule has 7 rings (SSSR count). The van der Waals surface area contributed by atoms with Gasteiger partial charge in [0.25, 0.3) is 6.23 Å². The van der Waals surface area contributed by atoms with Crippen molar-refractivity contribution in [2.75, 3.05) is 13.1 Å². The maximum atomic E-state index is 12.7. The van der Waals surface area contributed by atoms with Crippen molar-refractivity contribution in [2.45, 2.75) is 95.7 Å². The highest BCUT2D eigenvalue weighted by atomic mass is 16.5. The van der Waals surface area contributed by atoms with E-state index in [0.29, 0.717) is 50.1 Å². The molecule has 6 atom stereocenters. The summed E-state index contributed by atoms with van der Waals surface area (Å²) in [5.41, 5.74) is 14.7. The summed E-state index contributed by atoms with van der Waals surface area (Å²) in [6.45, 7) is 3.53. The van der Waals surface area contributed by atoms with Crippen molar-refractivity contribution >= 4 is 11.5 Å². The normalized spacial score (nSPS) is 25.3. The molecule has 5 aliphatic heterocycles. The number of aliphatic hydroxyl groups is 2. The summed E-state index contributed by atoms with van der Waals surface area (Å²) in [6.07, 6.45) is 11.3. The number of unbranched alkanes of at least 4 members (excludes halogenated alkanes) is 2. The van der Waals surface area contributed by atoms with E-state index in [1.807, 2.05) is 36.5 Å². The molecule has 0 aromatic heterocycles. The molecule has 2 aromatic rings. The lowest BCUT2D eigenvalue weighted by atomic mass is 9.84. The van der Waals surface area contributed by atoms with E-state index in [1.54, 1.807) is 0 Å². The van der Waals surface area contributed by atoms with Gasteiger partial charge in [0, 0.05) is 38.4 Å². The number of rotatable bonds is 9. The third kappa shape index (κ3) is 7.23. The number of hydrogen-bond acceptors (Lipinski definition) is 8. The van der Waals surface area contributed by atoms with Gasteiger partial charge in [-0.1, -0.05) is 62.1 Å². The molecule has 6 N–H and O–H groups in total. The molecule has 0 amide bonds. The Hall–Kier alpha value is -4.22. The lowest BCUT2D eigenvalue weighted by Crippen LogP contribution is -3.13. The second-order valence-electron chi connectivity index (χ2n) is 13.7. The Morgan fingerprint density at radius 1 is 1.16 bits per heavy atom. The second-order valence-corrected chi connectivity index (χ2v) is 13.7. The van der Waals surface area contributed by atoms with E-state index in [0.717, 1.165) is 76.2 Å². The first-order chi connectivity index (χ1) is 23.9. The zero-order valence-electron chi connectivity index (χ0n) is 28.1. The van der Waals surface area contributed by atoms with Crippen molar-refractivity contribution in [1.29, 1.82) is 0 Å². The highest BCUT2D eigenvalue weighted by Gasteiger charge is 2.40. The Balaban J connectivity index is 1.17. The first kappa shape index (κ1) is 33.3. The quantitative estimate of drug-likeness (QED) is 0.206. The molecule has 0 radical (unpaired) electrons. The van der Waals surface area contributed by atoms with Crippen molar-refractivity contribution in [1.82, 2.24) is 5.32 Å². The van der Waals surface area contributed by atoms with Crippen LogP contribution in [0, 0.1) is 29.8 Å². The van der Waals surface area contributed by atoms with Crippen LogP contribution in [-0.4, -0.2) is 47.1 Å².